The van der Waals surface area contributed by atoms with Crippen LogP contribution in [0.2, 0.25) is 0 Å². The van der Waals surface area contributed by atoms with Crippen LogP contribution in [0, 0.1) is 5.92 Å². The molecule has 1 unspecified atom stereocenters. The van der Waals surface area contributed by atoms with Crippen LogP contribution in [-0.4, -0.2) is 32.5 Å². The topological polar surface area (TPSA) is 47.6 Å². The van der Waals surface area contributed by atoms with Gasteiger partial charge in [-0.2, -0.15) is 0 Å². The average molecular weight is 203 g/mol. The zero-order valence-corrected chi connectivity index (χ0v) is 9.66. The molecule has 0 saturated heterocycles. The smallest absolute Gasteiger partial charge is 0.220 e. The molecule has 0 saturated carbocycles. The Hall–Kier alpha value is -0.610. The van der Waals surface area contributed by atoms with Crippen molar-refractivity contribution in [3.05, 3.63) is 0 Å². The van der Waals surface area contributed by atoms with Crippen LogP contribution in [0.25, 0.3) is 0 Å². The van der Waals surface area contributed by atoms with E-state index in [1.54, 1.807) is 14.2 Å². The number of carbonyl (C=O) groups is 1. The van der Waals surface area contributed by atoms with Crippen LogP contribution < -0.4 is 5.32 Å². The quantitative estimate of drug-likeness (QED) is 0.659. The van der Waals surface area contributed by atoms with Crippen molar-refractivity contribution in [3.8, 4) is 0 Å². The highest BCUT2D eigenvalue weighted by molar-refractivity contribution is 5.76. The van der Waals surface area contributed by atoms with Gasteiger partial charge < -0.3 is 14.8 Å². The number of methoxy groups -OCH3 is 2. The van der Waals surface area contributed by atoms with Crippen LogP contribution in [0.5, 0.6) is 0 Å². The van der Waals surface area contributed by atoms with Gasteiger partial charge in [-0.1, -0.05) is 13.8 Å². The summed E-state index contributed by atoms with van der Waals surface area (Å²) in [5, 5.41) is 2.82. The van der Waals surface area contributed by atoms with E-state index in [0.29, 0.717) is 12.3 Å². The van der Waals surface area contributed by atoms with Crippen molar-refractivity contribution in [3.63, 3.8) is 0 Å². The highest BCUT2D eigenvalue weighted by atomic mass is 16.7. The van der Waals surface area contributed by atoms with Crippen molar-refractivity contribution >= 4 is 5.91 Å². The molecule has 0 aliphatic heterocycles. The third-order valence-electron chi connectivity index (χ3n) is 1.86. The molecule has 0 aromatic rings. The van der Waals surface area contributed by atoms with E-state index in [4.69, 9.17) is 9.47 Å². The lowest BCUT2D eigenvalue weighted by molar-refractivity contribution is -0.136. The molecule has 0 bridgehead atoms. The molecule has 14 heavy (non-hydrogen) atoms. The van der Waals surface area contributed by atoms with Crippen molar-refractivity contribution in [2.24, 2.45) is 5.92 Å². The number of carbonyl (C=O) groups excluding carboxylic acids is 1. The molecule has 0 aromatic heterocycles. The summed E-state index contributed by atoms with van der Waals surface area (Å²) in [6.07, 6.45) is 0.149. The fourth-order valence-corrected chi connectivity index (χ4v) is 1.26. The molecule has 0 fully saturated rings. The first kappa shape index (κ1) is 13.4. The van der Waals surface area contributed by atoms with Gasteiger partial charge in [0.05, 0.1) is 6.04 Å². The van der Waals surface area contributed by atoms with Crippen molar-refractivity contribution in [2.75, 3.05) is 14.2 Å². The second-order valence-electron chi connectivity index (χ2n) is 3.79. The van der Waals surface area contributed by atoms with Gasteiger partial charge in [-0.05, 0) is 12.8 Å². The largest absolute Gasteiger partial charge is 0.354 e. The fourth-order valence-electron chi connectivity index (χ4n) is 1.26. The van der Waals surface area contributed by atoms with E-state index in [1.165, 1.54) is 0 Å². The number of hydrogen-bond donors (Lipinski definition) is 1. The summed E-state index contributed by atoms with van der Waals surface area (Å²) < 4.78 is 10.1. The van der Waals surface area contributed by atoms with Crippen molar-refractivity contribution < 1.29 is 14.3 Å². The summed E-state index contributed by atoms with van der Waals surface area (Å²) in [6.45, 7) is 5.87. The number of hydrogen-bond acceptors (Lipinski definition) is 3. The van der Waals surface area contributed by atoms with E-state index in [0.717, 1.165) is 0 Å². The number of ether oxygens (including phenoxy) is 2. The minimum absolute atomic E-state index is 0.0339. The Bertz CT molecular complexity index is 167. The van der Waals surface area contributed by atoms with Crippen molar-refractivity contribution in [1.82, 2.24) is 5.32 Å². The van der Waals surface area contributed by atoms with Gasteiger partial charge in [0, 0.05) is 20.6 Å². The highest BCUT2D eigenvalue weighted by Crippen LogP contribution is 2.02. The van der Waals surface area contributed by atoms with Gasteiger partial charge in [0.2, 0.25) is 5.91 Å². The van der Waals surface area contributed by atoms with Crippen molar-refractivity contribution in [2.45, 2.75) is 39.5 Å². The van der Waals surface area contributed by atoms with Gasteiger partial charge in [-0.25, -0.2) is 0 Å². The van der Waals surface area contributed by atoms with Crippen LogP contribution in [0.15, 0.2) is 0 Å². The third kappa shape index (κ3) is 5.19. The zero-order valence-electron chi connectivity index (χ0n) is 9.66. The fraction of sp³-hybridized carbons (Fsp3) is 0.900. The first-order valence-corrected chi connectivity index (χ1v) is 4.86. The first-order valence-electron chi connectivity index (χ1n) is 4.86. The summed E-state index contributed by atoms with van der Waals surface area (Å²) in [5.41, 5.74) is 0. The predicted molar refractivity (Wildman–Crippen MR) is 54.9 cm³/mol. The van der Waals surface area contributed by atoms with Crippen LogP contribution in [0.3, 0.4) is 0 Å². The van der Waals surface area contributed by atoms with Gasteiger partial charge in [0.1, 0.15) is 0 Å². The first-order chi connectivity index (χ1) is 6.51. The number of nitrogens with one attached hydrogen (secondary N) is 1. The summed E-state index contributed by atoms with van der Waals surface area (Å²) in [4.78, 5) is 11.4. The Balaban J connectivity index is 3.91. The normalized spacial score (nSPS) is 13.4. The van der Waals surface area contributed by atoms with Crippen molar-refractivity contribution in [1.29, 1.82) is 0 Å². The molecule has 0 aliphatic carbocycles. The maximum Gasteiger partial charge on any atom is 0.220 e. The van der Waals surface area contributed by atoms with Crippen LogP contribution in [-0.2, 0) is 14.3 Å². The molecular formula is C10H21NO3. The molecule has 84 valence electrons. The Kier molecular flexibility index (Phi) is 6.49. The summed E-state index contributed by atoms with van der Waals surface area (Å²) in [7, 11) is 3.11. The third-order valence-corrected chi connectivity index (χ3v) is 1.86. The SMILES string of the molecule is COC(OC)C(C)NC(=O)CC(C)C. The molecular weight excluding hydrogens is 182 g/mol. The predicted octanol–water partition coefficient (Wildman–Crippen LogP) is 1.16. The Labute approximate surface area is 86.0 Å². The van der Waals surface area contributed by atoms with E-state index in [1.807, 2.05) is 20.8 Å². The van der Waals surface area contributed by atoms with Gasteiger partial charge in [0.15, 0.2) is 6.29 Å². The molecule has 0 rings (SSSR count). The second-order valence-corrected chi connectivity index (χ2v) is 3.79. The van der Waals surface area contributed by atoms with Crippen LogP contribution in [0.1, 0.15) is 27.2 Å². The summed E-state index contributed by atoms with van der Waals surface area (Å²) in [6, 6.07) is -0.128. The molecule has 1 N–H and O–H groups in total. The Morgan fingerprint density at radius 2 is 1.71 bits per heavy atom. The standard InChI is InChI=1S/C10H21NO3/c1-7(2)6-9(12)11-8(3)10(13-4)14-5/h7-8,10H,6H2,1-5H3,(H,11,12). The average Bonchev–Trinajstić information content (AvgIpc) is 2.04. The Morgan fingerprint density at radius 3 is 2.07 bits per heavy atom. The molecule has 0 spiro atoms. The van der Waals surface area contributed by atoms with E-state index >= 15 is 0 Å². The van der Waals surface area contributed by atoms with Crippen LogP contribution >= 0.6 is 0 Å². The van der Waals surface area contributed by atoms with E-state index in [9.17, 15) is 4.79 Å². The maximum atomic E-state index is 11.4. The molecule has 4 heteroatoms. The number of rotatable bonds is 6. The van der Waals surface area contributed by atoms with Crippen LogP contribution in [0.4, 0.5) is 0 Å². The van der Waals surface area contributed by atoms with Gasteiger partial charge in [0.25, 0.3) is 0 Å². The lowest BCUT2D eigenvalue weighted by Gasteiger charge is -2.22. The van der Waals surface area contributed by atoms with Gasteiger partial charge in [-0.15, -0.1) is 0 Å². The maximum absolute atomic E-state index is 11.4. The molecule has 0 aromatic carbocycles. The molecule has 0 heterocycles. The summed E-state index contributed by atoms with van der Waals surface area (Å²) in [5.74, 6) is 0.400. The molecule has 1 atom stereocenters. The lowest BCUT2D eigenvalue weighted by atomic mass is 10.1. The molecule has 0 radical (unpaired) electrons. The summed E-state index contributed by atoms with van der Waals surface area (Å²) >= 11 is 0. The molecule has 0 aliphatic rings. The minimum atomic E-state index is -0.383. The number of amides is 1. The molecule has 1 amide bonds. The highest BCUT2D eigenvalue weighted by Gasteiger charge is 2.17. The van der Waals surface area contributed by atoms with E-state index < -0.39 is 0 Å². The zero-order chi connectivity index (χ0) is 11.1. The van der Waals surface area contributed by atoms with Gasteiger partial charge in [-0.3, -0.25) is 4.79 Å². The Morgan fingerprint density at radius 1 is 1.21 bits per heavy atom. The monoisotopic (exact) mass is 203 g/mol. The van der Waals surface area contributed by atoms with E-state index in [-0.39, 0.29) is 18.2 Å². The molecule has 4 nitrogen and oxygen atoms in total. The second kappa shape index (κ2) is 6.79. The lowest BCUT2D eigenvalue weighted by Crippen LogP contribution is -2.43. The minimum Gasteiger partial charge on any atom is -0.354 e. The van der Waals surface area contributed by atoms with Gasteiger partial charge >= 0.3 is 0 Å². The van der Waals surface area contributed by atoms with E-state index in [2.05, 4.69) is 5.32 Å².